The van der Waals surface area contributed by atoms with E-state index in [-0.39, 0.29) is 22.9 Å². The number of Topliss-reactive ketones (excluding diaryl/α,β-unsaturated/α-hetero) is 2. The third-order valence-electron chi connectivity index (χ3n) is 3.22. The molecule has 0 aliphatic carbocycles. The van der Waals surface area contributed by atoms with Gasteiger partial charge in [0, 0.05) is 33.5 Å². The second kappa shape index (κ2) is 8.97. The zero-order valence-electron chi connectivity index (χ0n) is 15.1. The van der Waals surface area contributed by atoms with E-state index in [0.717, 1.165) is 12.1 Å². The third kappa shape index (κ3) is 5.94. The van der Waals surface area contributed by atoms with E-state index in [4.69, 9.17) is 0 Å². The number of alkyl halides is 3. The van der Waals surface area contributed by atoms with Crippen molar-refractivity contribution in [2.24, 2.45) is 12.1 Å². The third-order valence-corrected chi connectivity index (χ3v) is 3.22. The molecule has 2 aromatic rings. The minimum Gasteiger partial charge on any atom is -0.504 e. The van der Waals surface area contributed by atoms with Crippen molar-refractivity contribution in [2.45, 2.75) is 20.0 Å². The quantitative estimate of drug-likeness (QED) is 0.480. The van der Waals surface area contributed by atoms with Crippen LogP contribution in [0.15, 0.2) is 29.4 Å². The molecular formula is C17H19F3N4O3. The van der Waals surface area contributed by atoms with Crippen LogP contribution in [0.5, 0.6) is 5.75 Å². The minimum absolute atomic E-state index is 0.0469. The number of ketones is 2. The summed E-state index contributed by atoms with van der Waals surface area (Å²) >= 11 is 0. The topological polar surface area (TPSA) is 96.6 Å². The van der Waals surface area contributed by atoms with Crippen molar-refractivity contribution >= 4 is 17.8 Å². The van der Waals surface area contributed by atoms with Crippen LogP contribution in [-0.4, -0.2) is 39.7 Å². The lowest BCUT2D eigenvalue weighted by atomic mass is 10.1. The Morgan fingerprint density at radius 2 is 1.78 bits per heavy atom. The highest BCUT2D eigenvalue weighted by atomic mass is 19.4. The summed E-state index contributed by atoms with van der Waals surface area (Å²) in [7, 11) is 3.14. The molecule has 0 aliphatic heterocycles. The van der Waals surface area contributed by atoms with Gasteiger partial charge in [-0.3, -0.25) is 14.3 Å². The first kappa shape index (κ1) is 21.9. The van der Waals surface area contributed by atoms with Crippen molar-refractivity contribution in [1.82, 2.24) is 15.2 Å². The smallest absolute Gasteiger partial charge is 0.416 e. The highest BCUT2D eigenvalue weighted by Gasteiger charge is 2.30. The molecule has 0 aliphatic rings. The molecule has 10 heteroatoms. The zero-order valence-corrected chi connectivity index (χ0v) is 15.1. The lowest BCUT2D eigenvalue weighted by molar-refractivity contribution is -0.137. The van der Waals surface area contributed by atoms with Gasteiger partial charge < -0.3 is 10.5 Å². The minimum atomic E-state index is -4.42. The van der Waals surface area contributed by atoms with Crippen LogP contribution in [-0.2, 0) is 18.0 Å². The number of nitrogens with one attached hydrogen (secondary N) is 1. The van der Waals surface area contributed by atoms with Crippen LogP contribution in [0.2, 0.25) is 0 Å². The lowest BCUT2D eigenvalue weighted by Gasteiger charge is -2.08. The van der Waals surface area contributed by atoms with Gasteiger partial charge in [-0.05, 0) is 12.1 Å². The lowest BCUT2D eigenvalue weighted by Crippen LogP contribution is -2.04. The van der Waals surface area contributed by atoms with Gasteiger partial charge in [0.2, 0.25) is 0 Å². The first-order valence-electron chi connectivity index (χ1n) is 7.64. The molecule has 0 spiro atoms. The van der Waals surface area contributed by atoms with Crippen LogP contribution in [0.4, 0.5) is 13.2 Å². The number of aryl methyl sites for hydroxylation is 1. The van der Waals surface area contributed by atoms with Gasteiger partial charge in [0.15, 0.2) is 23.0 Å². The maximum absolute atomic E-state index is 12.5. The Kier molecular flexibility index (Phi) is 7.26. The molecule has 0 saturated carbocycles. The Morgan fingerprint density at radius 3 is 2.11 bits per heavy atom. The summed E-state index contributed by atoms with van der Waals surface area (Å²) in [6.07, 6.45) is -3.20. The van der Waals surface area contributed by atoms with Crippen molar-refractivity contribution in [3.8, 4) is 17.0 Å². The van der Waals surface area contributed by atoms with Crippen molar-refractivity contribution in [2.75, 3.05) is 7.05 Å². The molecule has 0 radical (unpaired) electrons. The van der Waals surface area contributed by atoms with E-state index in [2.05, 4.69) is 15.6 Å². The monoisotopic (exact) mass is 384 g/mol. The Labute approximate surface area is 153 Å². The second-order valence-electron chi connectivity index (χ2n) is 5.39. The maximum atomic E-state index is 12.5. The molecule has 1 aromatic heterocycles. The number of carbonyl (C=O) groups excluding carboxylic acids is 2. The van der Waals surface area contributed by atoms with Crippen molar-refractivity contribution in [3.63, 3.8) is 0 Å². The highest BCUT2D eigenvalue weighted by molar-refractivity contribution is 6.26. The Balaban J connectivity index is 0.000000445. The van der Waals surface area contributed by atoms with Crippen molar-refractivity contribution in [1.29, 1.82) is 0 Å². The number of nitrogens with zero attached hydrogens (tertiary/aromatic N) is 3. The van der Waals surface area contributed by atoms with E-state index >= 15 is 0 Å². The van der Waals surface area contributed by atoms with E-state index in [1.54, 1.807) is 7.05 Å². The zero-order chi connectivity index (χ0) is 20.8. The van der Waals surface area contributed by atoms with Crippen molar-refractivity contribution < 1.29 is 27.9 Å². The molecule has 0 atom stereocenters. The largest absolute Gasteiger partial charge is 0.504 e. The molecule has 7 nitrogen and oxygen atoms in total. The molecule has 2 N–H and O–H groups in total. The fourth-order valence-electron chi connectivity index (χ4n) is 2.05. The molecule has 0 saturated heterocycles. The van der Waals surface area contributed by atoms with Gasteiger partial charge >= 0.3 is 6.18 Å². The van der Waals surface area contributed by atoms with Gasteiger partial charge in [0.1, 0.15) is 5.69 Å². The molecule has 0 fully saturated rings. The first-order valence-corrected chi connectivity index (χ1v) is 7.64. The van der Waals surface area contributed by atoms with E-state index < -0.39 is 17.5 Å². The Bertz CT molecular complexity index is 840. The summed E-state index contributed by atoms with van der Waals surface area (Å²) in [6.45, 7) is 2.69. The average Bonchev–Trinajstić information content (AvgIpc) is 2.87. The molecule has 1 aromatic carbocycles. The Hall–Kier alpha value is -3.17. The SMILES string of the molecule is CC(=O)c1nn(C)c(-c2ccc(C(F)(F)F)cc2)c1O.CNN=CC(C)=O. The number of aromatic hydroxyl groups is 1. The number of aromatic nitrogens is 2. The standard InChI is InChI=1S/C13H11F3N2O2.C4H8N2O/c1-7(19)10-12(20)11(18(2)17-10)8-3-5-9(6-4-8)13(14,15)16;1-4(7)3-6-5-2/h3-6,20H,1-2H3;3,5H,1-2H3. The fourth-order valence-corrected chi connectivity index (χ4v) is 2.05. The van der Waals surface area contributed by atoms with E-state index in [1.165, 1.54) is 43.9 Å². The number of hydrazone groups is 1. The maximum Gasteiger partial charge on any atom is 0.416 e. The number of benzene rings is 1. The number of hydrogen-bond donors (Lipinski definition) is 2. The number of rotatable bonds is 4. The summed E-state index contributed by atoms with van der Waals surface area (Å²) in [6, 6.07) is 4.28. The summed E-state index contributed by atoms with van der Waals surface area (Å²) in [5.41, 5.74) is 2.10. The molecule has 1 heterocycles. The highest BCUT2D eigenvalue weighted by Crippen LogP contribution is 2.34. The number of hydrogen-bond acceptors (Lipinski definition) is 6. The van der Waals surface area contributed by atoms with Gasteiger partial charge in [-0.25, -0.2) is 0 Å². The van der Waals surface area contributed by atoms with Crippen LogP contribution in [0.1, 0.15) is 29.9 Å². The average molecular weight is 384 g/mol. The number of halogens is 3. The summed E-state index contributed by atoms with van der Waals surface area (Å²) < 4.78 is 38.7. The van der Waals surface area contributed by atoms with Gasteiger partial charge in [-0.2, -0.15) is 23.4 Å². The first-order chi connectivity index (χ1) is 12.5. The van der Waals surface area contributed by atoms with E-state index in [1.807, 2.05) is 0 Å². The second-order valence-corrected chi connectivity index (χ2v) is 5.39. The summed E-state index contributed by atoms with van der Waals surface area (Å²) in [5, 5.41) is 17.2. The molecule has 0 amide bonds. The van der Waals surface area contributed by atoms with Crippen LogP contribution in [0.25, 0.3) is 11.3 Å². The molecule has 146 valence electrons. The van der Waals surface area contributed by atoms with Crippen LogP contribution >= 0.6 is 0 Å². The van der Waals surface area contributed by atoms with Gasteiger partial charge in [-0.1, -0.05) is 12.1 Å². The molecule has 0 unspecified atom stereocenters. The van der Waals surface area contributed by atoms with Gasteiger partial charge in [-0.15, -0.1) is 0 Å². The Morgan fingerprint density at radius 1 is 1.22 bits per heavy atom. The molecular weight excluding hydrogens is 365 g/mol. The van der Waals surface area contributed by atoms with Gasteiger partial charge in [0.05, 0.1) is 11.8 Å². The molecule has 0 bridgehead atoms. The summed E-state index contributed by atoms with van der Waals surface area (Å²) in [4.78, 5) is 21.3. The van der Waals surface area contributed by atoms with Gasteiger partial charge in [0.25, 0.3) is 0 Å². The predicted octanol–water partition coefficient (Wildman–Crippen LogP) is 2.79. The van der Waals surface area contributed by atoms with Crippen LogP contribution in [0.3, 0.4) is 0 Å². The van der Waals surface area contributed by atoms with Crippen molar-refractivity contribution in [3.05, 3.63) is 35.5 Å². The molecule has 27 heavy (non-hydrogen) atoms. The van der Waals surface area contributed by atoms with Crippen LogP contribution < -0.4 is 5.43 Å². The van der Waals surface area contributed by atoms with Crippen LogP contribution in [0, 0.1) is 0 Å². The number of carbonyl (C=O) groups is 2. The predicted molar refractivity (Wildman–Crippen MR) is 93.5 cm³/mol. The normalized spacial score (nSPS) is 11.1. The fraction of sp³-hybridized carbons (Fsp3) is 0.294. The van der Waals surface area contributed by atoms with E-state index in [9.17, 15) is 27.9 Å². The summed E-state index contributed by atoms with van der Waals surface area (Å²) in [5.74, 6) is -0.801. The van der Waals surface area contributed by atoms with E-state index in [0.29, 0.717) is 5.56 Å². The molecule has 2 rings (SSSR count).